The summed E-state index contributed by atoms with van der Waals surface area (Å²) in [5, 5.41) is 5.90. The number of aryl methyl sites for hydroxylation is 2. The molecule has 0 saturated heterocycles. The molecule has 2 N–H and O–H groups in total. The van der Waals surface area contributed by atoms with E-state index in [4.69, 9.17) is 9.47 Å². The van der Waals surface area contributed by atoms with Crippen LogP contribution in [0, 0.1) is 13.8 Å². The Kier molecular flexibility index (Phi) is 11.1. The van der Waals surface area contributed by atoms with Crippen LogP contribution < -0.4 is 20.1 Å². The van der Waals surface area contributed by atoms with Crippen molar-refractivity contribution in [2.75, 3.05) is 23.8 Å². The van der Waals surface area contributed by atoms with Crippen molar-refractivity contribution in [1.29, 1.82) is 0 Å². The molecular formula is C38H42Br2N2O4. The van der Waals surface area contributed by atoms with Crippen molar-refractivity contribution in [3.8, 4) is 22.6 Å². The normalized spacial score (nSPS) is 11.6. The van der Waals surface area contributed by atoms with E-state index in [1.54, 1.807) is 0 Å². The van der Waals surface area contributed by atoms with Crippen LogP contribution in [0.15, 0.2) is 81.7 Å². The van der Waals surface area contributed by atoms with Gasteiger partial charge in [0.15, 0.2) is 13.2 Å². The van der Waals surface area contributed by atoms with Crippen molar-refractivity contribution in [1.82, 2.24) is 0 Å². The highest BCUT2D eigenvalue weighted by molar-refractivity contribution is 9.10. The van der Waals surface area contributed by atoms with Crippen LogP contribution in [-0.4, -0.2) is 25.0 Å². The summed E-state index contributed by atoms with van der Waals surface area (Å²) < 4.78 is 13.2. The molecule has 46 heavy (non-hydrogen) atoms. The van der Waals surface area contributed by atoms with Crippen LogP contribution in [0.5, 0.6) is 11.5 Å². The molecule has 0 heterocycles. The predicted octanol–water partition coefficient (Wildman–Crippen LogP) is 10.1. The third kappa shape index (κ3) is 9.23. The Morgan fingerprint density at radius 3 is 1.26 bits per heavy atom. The van der Waals surface area contributed by atoms with Crippen LogP contribution in [0.4, 0.5) is 11.4 Å². The van der Waals surface area contributed by atoms with Crippen molar-refractivity contribution >= 4 is 55.0 Å². The first-order chi connectivity index (χ1) is 21.5. The SMILES string of the molecule is Cc1cc(-c2ccc(NC(=O)COc3ccc(C(C)(C)C)cc3Br)c(C)c2)ccc1NC(=O)COc1ccc(C(C)(C)C)cc1Br. The molecule has 0 aliphatic heterocycles. The first-order valence-corrected chi connectivity index (χ1v) is 16.8. The molecule has 0 unspecified atom stereocenters. The second kappa shape index (κ2) is 14.4. The second-order valence-corrected chi connectivity index (χ2v) is 15.2. The number of ether oxygens (including phenoxy) is 2. The van der Waals surface area contributed by atoms with E-state index in [1.165, 1.54) is 11.1 Å². The van der Waals surface area contributed by atoms with Gasteiger partial charge in [0.1, 0.15) is 11.5 Å². The minimum Gasteiger partial charge on any atom is -0.483 e. The molecule has 0 aliphatic rings. The van der Waals surface area contributed by atoms with E-state index in [0.717, 1.165) is 42.6 Å². The van der Waals surface area contributed by atoms with Crippen LogP contribution in [0.1, 0.15) is 63.8 Å². The standard InChI is InChI=1S/C38H42Br2N2O4/c1-23-17-25(9-13-31(23)41-35(43)21-45-33-15-11-27(19-29(33)39)37(3,4)5)26-10-14-32(24(2)18-26)42-36(44)22-46-34-16-12-28(20-30(34)40)38(6,7)8/h9-20H,21-22H2,1-8H3,(H,41,43)(H,42,44). The fourth-order valence-electron chi connectivity index (χ4n) is 4.79. The van der Waals surface area contributed by atoms with Crippen LogP contribution >= 0.6 is 31.9 Å². The molecule has 0 aromatic heterocycles. The average Bonchev–Trinajstić information content (AvgIpc) is 2.97. The lowest BCUT2D eigenvalue weighted by Gasteiger charge is -2.20. The van der Waals surface area contributed by atoms with E-state index in [1.807, 2.05) is 86.6 Å². The van der Waals surface area contributed by atoms with Gasteiger partial charge in [0, 0.05) is 11.4 Å². The molecule has 4 aromatic carbocycles. The van der Waals surface area contributed by atoms with E-state index >= 15 is 0 Å². The quantitative estimate of drug-likeness (QED) is 0.179. The fourth-order valence-corrected chi connectivity index (χ4v) is 5.78. The van der Waals surface area contributed by atoms with Gasteiger partial charge in [-0.2, -0.15) is 0 Å². The van der Waals surface area contributed by atoms with Crippen molar-refractivity contribution < 1.29 is 19.1 Å². The molecule has 4 rings (SSSR count). The van der Waals surface area contributed by atoms with Gasteiger partial charge >= 0.3 is 0 Å². The molecule has 0 atom stereocenters. The van der Waals surface area contributed by atoms with Crippen LogP contribution in [0.25, 0.3) is 11.1 Å². The predicted molar refractivity (Wildman–Crippen MR) is 195 cm³/mol. The van der Waals surface area contributed by atoms with E-state index < -0.39 is 0 Å². The van der Waals surface area contributed by atoms with Crippen LogP contribution in [-0.2, 0) is 20.4 Å². The maximum atomic E-state index is 12.7. The number of hydrogen-bond donors (Lipinski definition) is 2. The molecule has 0 spiro atoms. The number of hydrogen-bond acceptors (Lipinski definition) is 4. The highest BCUT2D eigenvalue weighted by Crippen LogP contribution is 2.33. The van der Waals surface area contributed by atoms with E-state index in [2.05, 4.69) is 84.0 Å². The van der Waals surface area contributed by atoms with Gasteiger partial charge in [-0.1, -0.05) is 65.8 Å². The molecule has 4 aromatic rings. The van der Waals surface area contributed by atoms with E-state index in [0.29, 0.717) is 11.5 Å². The molecule has 0 radical (unpaired) electrons. The van der Waals surface area contributed by atoms with Gasteiger partial charge in [-0.05, 0) is 138 Å². The summed E-state index contributed by atoms with van der Waals surface area (Å²) >= 11 is 7.12. The highest BCUT2D eigenvalue weighted by atomic mass is 79.9. The zero-order valence-corrected chi connectivity index (χ0v) is 30.9. The average molecular weight is 751 g/mol. The third-order valence-electron chi connectivity index (χ3n) is 7.65. The third-order valence-corrected chi connectivity index (χ3v) is 8.89. The summed E-state index contributed by atoms with van der Waals surface area (Å²) in [6.45, 7) is 16.6. The number of nitrogens with one attached hydrogen (secondary N) is 2. The van der Waals surface area contributed by atoms with Gasteiger partial charge in [-0.25, -0.2) is 0 Å². The molecule has 0 fully saturated rings. The van der Waals surface area contributed by atoms with Gasteiger partial charge in [0.25, 0.3) is 11.8 Å². The largest absolute Gasteiger partial charge is 0.483 e. The lowest BCUT2D eigenvalue weighted by Crippen LogP contribution is -2.21. The Balaban J connectivity index is 1.33. The van der Waals surface area contributed by atoms with E-state index in [9.17, 15) is 9.59 Å². The summed E-state index contributed by atoms with van der Waals surface area (Å²) in [7, 11) is 0. The Hall–Kier alpha value is -3.62. The number of halogens is 2. The Bertz CT molecular complexity index is 1620. The van der Waals surface area contributed by atoms with E-state index in [-0.39, 0.29) is 35.9 Å². The first-order valence-electron chi connectivity index (χ1n) is 15.2. The van der Waals surface area contributed by atoms with Crippen molar-refractivity contribution in [2.24, 2.45) is 0 Å². The summed E-state index contributed by atoms with van der Waals surface area (Å²) in [6, 6.07) is 23.6. The number of rotatable bonds is 9. The molecule has 0 bridgehead atoms. The lowest BCUT2D eigenvalue weighted by molar-refractivity contribution is -0.118. The summed E-state index contributed by atoms with van der Waals surface area (Å²) in [6.07, 6.45) is 0. The maximum Gasteiger partial charge on any atom is 0.262 e. The Labute approximate surface area is 289 Å². The van der Waals surface area contributed by atoms with Crippen molar-refractivity contribution in [3.63, 3.8) is 0 Å². The zero-order chi connectivity index (χ0) is 33.8. The smallest absolute Gasteiger partial charge is 0.262 e. The maximum absolute atomic E-state index is 12.7. The number of benzene rings is 4. The number of carbonyl (C=O) groups is 2. The van der Waals surface area contributed by atoms with Gasteiger partial charge < -0.3 is 20.1 Å². The lowest BCUT2D eigenvalue weighted by atomic mass is 9.87. The van der Waals surface area contributed by atoms with Crippen molar-refractivity contribution in [3.05, 3.63) is 104 Å². The minimum atomic E-state index is -0.239. The number of anilines is 2. The van der Waals surface area contributed by atoms with Gasteiger partial charge in [-0.15, -0.1) is 0 Å². The second-order valence-electron chi connectivity index (χ2n) is 13.5. The Morgan fingerprint density at radius 2 is 0.957 bits per heavy atom. The molecule has 2 amide bonds. The monoisotopic (exact) mass is 748 g/mol. The summed E-state index contributed by atoms with van der Waals surface area (Å²) in [5.41, 5.74) is 7.70. The van der Waals surface area contributed by atoms with Gasteiger partial charge in [0.2, 0.25) is 0 Å². The molecule has 8 heteroatoms. The first kappa shape index (κ1) is 35.2. The fraction of sp³-hybridized carbons (Fsp3) is 0.316. The molecule has 0 saturated carbocycles. The molecule has 6 nitrogen and oxygen atoms in total. The number of carbonyl (C=O) groups excluding carboxylic acids is 2. The molecule has 0 aliphatic carbocycles. The highest BCUT2D eigenvalue weighted by Gasteiger charge is 2.17. The van der Waals surface area contributed by atoms with Gasteiger partial charge in [-0.3, -0.25) is 9.59 Å². The summed E-state index contributed by atoms with van der Waals surface area (Å²) in [4.78, 5) is 25.4. The van der Waals surface area contributed by atoms with Crippen molar-refractivity contribution in [2.45, 2.75) is 66.2 Å². The van der Waals surface area contributed by atoms with Gasteiger partial charge in [0.05, 0.1) is 8.95 Å². The van der Waals surface area contributed by atoms with Crippen LogP contribution in [0.2, 0.25) is 0 Å². The molecular weight excluding hydrogens is 708 g/mol. The topological polar surface area (TPSA) is 76.7 Å². The zero-order valence-electron chi connectivity index (χ0n) is 27.7. The minimum absolute atomic E-state index is 0.0201. The molecule has 242 valence electrons. The number of amides is 2. The van der Waals surface area contributed by atoms with Crippen LogP contribution in [0.3, 0.4) is 0 Å². The Morgan fingerprint density at radius 1 is 0.587 bits per heavy atom. The summed E-state index contributed by atoms with van der Waals surface area (Å²) in [5.74, 6) is 0.766.